The summed E-state index contributed by atoms with van der Waals surface area (Å²) < 4.78 is 4.69. The molecule has 0 aromatic rings. The van der Waals surface area contributed by atoms with E-state index in [-0.39, 0.29) is 16.7 Å². The van der Waals surface area contributed by atoms with Crippen molar-refractivity contribution in [3.8, 4) is 0 Å². The Kier molecular flexibility index (Phi) is 7.43. The highest BCUT2D eigenvalue weighted by atomic mass is 79.9. The minimum absolute atomic E-state index is 0.170. The van der Waals surface area contributed by atoms with Gasteiger partial charge in [0.1, 0.15) is 6.04 Å². The van der Waals surface area contributed by atoms with Crippen molar-refractivity contribution in [2.75, 3.05) is 7.11 Å². The SMILES string of the molecule is COC(=O)C(CC(C)C)NC(=O)C(Br)C(C)C. The average Bonchev–Trinajstić information content (AvgIpc) is 2.24. The van der Waals surface area contributed by atoms with Crippen molar-refractivity contribution in [1.29, 1.82) is 0 Å². The summed E-state index contributed by atoms with van der Waals surface area (Å²) in [5.41, 5.74) is 0. The topological polar surface area (TPSA) is 55.4 Å². The second-order valence-corrected chi connectivity index (χ2v) is 5.85. The summed E-state index contributed by atoms with van der Waals surface area (Å²) in [4.78, 5) is 23.1. The standard InChI is InChI=1S/C12H22BrNO3/c1-7(2)6-9(12(16)17-5)14-11(15)10(13)8(3)4/h7-10H,6H2,1-5H3,(H,14,15). The van der Waals surface area contributed by atoms with Gasteiger partial charge in [0.05, 0.1) is 11.9 Å². The van der Waals surface area contributed by atoms with Gasteiger partial charge in [0, 0.05) is 0 Å². The molecule has 1 amide bonds. The molecular formula is C12H22BrNO3. The fraction of sp³-hybridized carbons (Fsp3) is 0.833. The van der Waals surface area contributed by atoms with Gasteiger partial charge in [0.25, 0.3) is 0 Å². The number of amides is 1. The third kappa shape index (κ3) is 6.05. The first kappa shape index (κ1) is 16.4. The van der Waals surface area contributed by atoms with Crippen LogP contribution in [0.1, 0.15) is 34.1 Å². The van der Waals surface area contributed by atoms with Crippen LogP contribution in [0.2, 0.25) is 0 Å². The molecule has 0 aliphatic rings. The molecule has 4 nitrogen and oxygen atoms in total. The van der Waals surface area contributed by atoms with Gasteiger partial charge in [0.15, 0.2) is 0 Å². The number of nitrogens with one attached hydrogen (secondary N) is 1. The van der Waals surface area contributed by atoms with Gasteiger partial charge in [-0.25, -0.2) is 4.79 Å². The highest BCUT2D eigenvalue weighted by molar-refractivity contribution is 9.10. The predicted octanol–water partition coefficient (Wildman–Crippen LogP) is 2.11. The molecular weight excluding hydrogens is 286 g/mol. The van der Waals surface area contributed by atoms with E-state index in [4.69, 9.17) is 0 Å². The molecule has 100 valence electrons. The maximum Gasteiger partial charge on any atom is 0.328 e. The van der Waals surface area contributed by atoms with Crippen LogP contribution in [0.4, 0.5) is 0 Å². The average molecular weight is 308 g/mol. The van der Waals surface area contributed by atoms with E-state index in [9.17, 15) is 9.59 Å². The first-order valence-corrected chi connectivity index (χ1v) is 6.73. The molecule has 0 aromatic carbocycles. The molecule has 0 aliphatic heterocycles. The normalized spacial score (nSPS) is 14.6. The van der Waals surface area contributed by atoms with E-state index in [1.807, 2.05) is 27.7 Å². The Morgan fingerprint density at radius 1 is 1.24 bits per heavy atom. The number of ether oxygens (including phenoxy) is 1. The van der Waals surface area contributed by atoms with Gasteiger partial charge in [-0.05, 0) is 18.3 Å². The maximum atomic E-state index is 11.8. The zero-order chi connectivity index (χ0) is 13.6. The molecule has 0 rings (SSSR count). The summed E-state index contributed by atoms with van der Waals surface area (Å²) in [5, 5.41) is 2.72. The number of hydrogen-bond donors (Lipinski definition) is 1. The van der Waals surface area contributed by atoms with E-state index in [1.165, 1.54) is 7.11 Å². The molecule has 2 atom stereocenters. The monoisotopic (exact) mass is 307 g/mol. The smallest absolute Gasteiger partial charge is 0.328 e. The zero-order valence-electron chi connectivity index (χ0n) is 11.1. The van der Waals surface area contributed by atoms with Crippen LogP contribution < -0.4 is 5.32 Å². The van der Waals surface area contributed by atoms with Gasteiger partial charge in [-0.15, -0.1) is 0 Å². The lowest BCUT2D eigenvalue weighted by molar-refractivity contribution is -0.145. The molecule has 0 saturated carbocycles. The molecule has 17 heavy (non-hydrogen) atoms. The van der Waals surface area contributed by atoms with E-state index < -0.39 is 12.0 Å². The van der Waals surface area contributed by atoms with E-state index in [1.54, 1.807) is 0 Å². The van der Waals surface area contributed by atoms with Crippen LogP contribution >= 0.6 is 15.9 Å². The summed E-state index contributed by atoms with van der Waals surface area (Å²) in [7, 11) is 1.33. The molecule has 0 spiro atoms. The second-order valence-electron chi connectivity index (χ2n) is 4.86. The van der Waals surface area contributed by atoms with Gasteiger partial charge < -0.3 is 10.1 Å². The van der Waals surface area contributed by atoms with Gasteiger partial charge in [-0.3, -0.25) is 4.79 Å². The molecule has 0 saturated heterocycles. The molecule has 1 N–H and O–H groups in total. The molecule has 0 fully saturated rings. The zero-order valence-corrected chi connectivity index (χ0v) is 12.7. The van der Waals surface area contributed by atoms with Crippen molar-refractivity contribution in [2.24, 2.45) is 11.8 Å². The maximum absolute atomic E-state index is 11.8. The first-order valence-electron chi connectivity index (χ1n) is 5.81. The Hall–Kier alpha value is -0.580. The van der Waals surface area contributed by atoms with Gasteiger partial charge in [-0.2, -0.15) is 0 Å². The van der Waals surface area contributed by atoms with Crippen molar-refractivity contribution in [2.45, 2.75) is 45.0 Å². The molecule has 0 bridgehead atoms. The number of halogens is 1. The Balaban J connectivity index is 4.53. The Morgan fingerprint density at radius 3 is 2.12 bits per heavy atom. The van der Waals surface area contributed by atoms with Gasteiger partial charge in [0.2, 0.25) is 5.91 Å². The van der Waals surface area contributed by atoms with E-state index in [0.29, 0.717) is 12.3 Å². The molecule has 0 heterocycles. The second kappa shape index (κ2) is 7.69. The van der Waals surface area contributed by atoms with Crippen molar-refractivity contribution in [3.05, 3.63) is 0 Å². The van der Waals surface area contributed by atoms with Gasteiger partial charge in [-0.1, -0.05) is 43.6 Å². The van der Waals surface area contributed by atoms with Crippen LogP contribution in [0.15, 0.2) is 0 Å². The summed E-state index contributed by atoms with van der Waals surface area (Å²) in [6.45, 7) is 7.87. The minimum atomic E-state index is -0.564. The number of hydrogen-bond acceptors (Lipinski definition) is 3. The van der Waals surface area contributed by atoms with Crippen LogP contribution in [-0.4, -0.2) is 29.9 Å². The van der Waals surface area contributed by atoms with E-state index >= 15 is 0 Å². The molecule has 0 radical (unpaired) electrons. The third-order valence-electron chi connectivity index (χ3n) is 2.35. The Morgan fingerprint density at radius 2 is 1.76 bits per heavy atom. The summed E-state index contributed by atoms with van der Waals surface area (Å²) in [6, 6.07) is -0.564. The molecule has 2 unspecified atom stereocenters. The quantitative estimate of drug-likeness (QED) is 0.604. The lowest BCUT2D eigenvalue weighted by Crippen LogP contribution is -2.46. The first-order chi connectivity index (χ1) is 7.79. The summed E-state index contributed by atoms with van der Waals surface area (Å²) in [6.07, 6.45) is 0.580. The highest BCUT2D eigenvalue weighted by Crippen LogP contribution is 2.13. The van der Waals surface area contributed by atoms with Crippen molar-refractivity contribution < 1.29 is 14.3 Å². The lowest BCUT2D eigenvalue weighted by atomic mass is 10.0. The third-order valence-corrected chi connectivity index (χ3v) is 3.82. The van der Waals surface area contributed by atoms with Crippen LogP contribution in [0, 0.1) is 11.8 Å². The largest absolute Gasteiger partial charge is 0.467 e. The van der Waals surface area contributed by atoms with Crippen molar-refractivity contribution in [1.82, 2.24) is 5.32 Å². The fourth-order valence-electron chi connectivity index (χ4n) is 1.38. The number of carbonyl (C=O) groups is 2. The van der Waals surface area contributed by atoms with Gasteiger partial charge >= 0.3 is 5.97 Å². The number of methoxy groups -OCH3 is 1. The number of carbonyl (C=O) groups excluding carboxylic acids is 2. The summed E-state index contributed by atoms with van der Waals surface area (Å²) >= 11 is 3.31. The predicted molar refractivity (Wildman–Crippen MR) is 71.0 cm³/mol. The van der Waals surface area contributed by atoms with Crippen LogP contribution in [0.3, 0.4) is 0 Å². The molecule has 0 aromatic heterocycles. The van der Waals surface area contributed by atoms with E-state index in [2.05, 4.69) is 26.0 Å². The van der Waals surface area contributed by atoms with Crippen molar-refractivity contribution in [3.63, 3.8) is 0 Å². The molecule has 0 aliphatic carbocycles. The summed E-state index contributed by atoms with van der Waals surface area (Å²) in [5.74, 6) is -0.0777. The fourth-order valence-corrected chi connectivity index (χ4v) is 1.51. The highest BCUT2D eigenvalue weighted by Gasteiger charge is 2.26. The van der Waals surface area contributed by atoms with Crippen LogP contribution in [0.5, 0.6) is 0 Å². The number of esters is 1. The van der Waals surface area contributed by atoms with Crippen LogP contribution in [0.25, 0.3) is 0 Å². The van der Waals surface area contributed by atoms with Crippen LogP contribution in [-0.2, 0) is 14.3 Å². The lowest BCUT2D eigenvalue weighted by Gasteiger charge is -2.21. The van der Waals surface area contributed by atoms with E-state index in [0.717, 1.165) is 0 Å². The number of rotatable bonds is 6. The minimum Gasteiger partial charge on any atom is -0.467 e. The van der Waals surface area contributed by atoms with Crippen molar-refractivity contribution >= 4 is 27.8 Å². The molecule has 5 heteroatoms. The Bertz CT molecular complexity index is 266. The number of alkyl halides is 1. The Labute approximate surface area is 112 Å².